The van der Waals surface area contributed by atoms with E-state index < -0.39 is 10.0 Å². The fourth-order valence-corrected chi connectivity index (χ4v) is 4.01. The van der Waals surface area contributed by atoms with Gasteiger partial charge in [0.05, 0.1) is 4.90 Å². The van der Waals surface area contributed by atoms with Crippen molar-refractivity contribution in [3.63, 3.8) is 0 Å². The van der Waals surface area contributed by atoms with Gasteiger partial charge in [0.25, 0.3) is 0 Å². The standard InChI is InChI=1S/C12H19BrN2O2S/c1-3-4-5-9(2)15-18(16,17)12-7-6-10(14)8-11(12)13/h6-9,15H,3-5,14H2,1-2H3. The smallest absolute Gasteiger partial charge is 0.241 e. The van der Waals surface area contributed by atoms with Crippen LogP contribution in [-0.2, 0) is 10.0 Å². The monoisotopic (exact) mass is 334 g/mol. The molecule has 0 fully saturated rings. The molecule has 0 heterocycles. The van der Waals surface area contributed by atoms with Crippen LogP contribution in [0.1, 0.15) is 33.1 Å². The molecule has 102 valence electrons. The van der Waals surface area contributed by atoms with E-state index in [9.17, 15) is 8.42 Å². The molecule has 4 nitrogen and oxygen atoms in total. The fraction of sp³-hybridized carbons (Fsp3) is 0.500. The van der Waals surface area contributed by atoms with E-state index in [1.54, 1.807) is 12.1 Å². The van der Waals surface area contributed by atoms with Gasteiger partial charge in [-0.3, -0.25) is 0 Å². The van der Waals surface area contributed by atoms with E-state index >= 15 is 0 Å². The number of nitrogen functional groups attached to an aromatic ring is 1. The second-order valence-corrected chi connectivity index (χ2v) is 6.89. The molecule has 0 radical (unpaired) electrons. The van der Waals surface area contributed by atoms with Gasteiger partial charge in [-0.25, -0.2) is 13.1 Å². The lowest BCUT2D eigenvalue weighted by atomic mass is 10.2. The SMILES string of the molecule is CCCCC(C)NS(=O)(=O)c1ccc(N)cc1Br. The van der Waals surface area contributed by atoms with Gasteiger partial charge in [0.1, 0.15) is 0 Å². The molecule has 0 spiro atoms. The zero-order valence-electron chi connectivity index (χ0n) is 10.6. The molecule has 0 amide bonds. The van der Waals surface area contributed by atoms with Crippen LogP contribution < -0.4 is 10.5 Å². The quantitative estimate of drug-likeness (QED) is 0.785. The molecule has 18 heavy (non-hydrogen) atoms. The molecule has 0 bridgehead atoms. The molecule has 1 unspecified atom stereocenters. The Labute approximate surface area is 117 Å². The largest absolute Gasteiger partial charge is 0.399 e. The van der Waals surface area contributed by atoms with E-state index in [1.165, 1.54) is 6.07 Å². The van der Waals surface area contributed by atoms with Crippen LogP contribution in [0.2, 0.25) is 0 Å². The second-order valence-electron chi connectivity index (χ2n) is 4.35. The Balaban J connectivity index is 2.86. The van der Waals surface area contributed by atoms with E-state index in [0.29, 0.717) is 10.2 Å². The average molecular weight is 335 g/mol. The van der Waals surface area contributed by atoms with E-state index in [2.05, 4.69) is 27.6 Å². The normalized spacial score (nSPS) is 13.5. The van der Waals surface area contributed by atoms with Crippen molar-refractivity contribution in [2.24, 2.45) is 0 Å². The third kappa shape index (κ3) is 4.26. The highest BCUT2D eigenvalue weighted by atomic mass is 79.9. The number of halogens is 1. The lowest BCUT2D eigenvalue weighted by Gasteiger charge is -2.14. The maximum absolute atomic E-state index is 12.2. The minimum Gasteiger partial charge on any atom is -0.399 e. The highest BCUT2D eigenvalue weighted by Crippen LogP contribution is 2.24. The van der Waals surface area contributed by atoms with E-state index in [0.717, 1.165) is 19.3 Å². The number of nitrogens with one attached hydrogen (secondary N) is 1. The first-order valence-corrected chi connectivity index (χ1v) is 8.21. The Morgan fingerprint density at radius 2 is 2.11 bits per heavy atom. The molecule has 0 aliphatic carbocycles. The number of benzene rings is 1. The number of sulfonamides is 1. The highest BCUT2D eigenvalue weighted by molar-refractivity contribution is 9.10. The maximum Gasteiger partial charge on any atom is 0.241 e. The maximum atomic E-state index is 12.2. The van der Waals surface area contributed by atoms with Gasteiger partial charge in [0.2, 0.25) is 10.0 Å². The summed E-state index contributed by atoms with van der Waals surface area (Å²) < 4.78 is 27.5. The number of anilines is 1. The molecule has 0 aliphatic heterocycles. The summed E-state index contributed by atoms with van der Waals surface area (Å²) in [5.41, 5.74) is 6.12. The molecule has 6 heteroatoms. The predicted octanol–water partition coefficient (Wildman–Crippen LogP) is 2.89. The zero-order valence-corrected chi connectivity index (χ0v) is 13.0. The first-order chi connectivity index (χ1) is 8.36. The first kappa shape index (κ1) is 15.5. The van der Waals surface area contributed by atoms with Crippen LogP contribution in [0.3, 0.4) is 0 Å². The van der Waals surface area contributed by atoms with Crippen molar-refractivity contribution in [3.8, 4) is 0 Å². The molecule has 1 aromatic rings. The van der Waals surface area contributed by atoms with Gasteiger partial charge in [-0.15, -0.1) is 0 Å². The van der Waals surface area contributed by atoms with Crippen molar-refractivity contribution in [2.75, 3.05) is 5.73 Å². The van der Waals surface area contributed by atoms with Gasteiger partial charge in [-0.2, -0.15) is 0 Å². The third-order valence-electron chi connectivity index (χ3n) is 2.59. The first-order valence-electron chi connectivity index (χ1n) is 5.94. The molecular weight excluding hydrogens is 316 g/mol. The van der Waals surface area contributed by atoms with Crippen LogP contribution in [0, 0.1) is 0 Å². The van der Waals surface area contributed by atoms with Crippen molar-refractivity contribution in [3.05, 3.63) is 22.7 Å². The van der Waals surface area contributed by atoms with Crippen LogP contribution in [0.25, 0.3) is 0 Å². The number of unbranched alkanes of at least 4 members (excludes halogenated alkanes) is 1. The summed E-state index contributed by atoms with van der Waals surface area (Å²) in [5, 5.41) is 0. The summed E-state index contributed by atoms with van der Waals surface area (Å²) in [4.78, 5) is 0.222. The lowest BCUT2D eigenvalue weighted by molar-refractivity contribution is 0.534. The van der Waals surface area contributed by atoms with Gasteiger partial charge in [0.15, 0.2) is 0 Å². The Kier molecular flexibility index (Phi) is 5.62. The molecule has 0 saturated carbocycles. The van der Waals surface area contributed by atoms with Crippen molar-refractivity contribution in [2.45, 2.75) is 44.0 Å². The molecule has 0 aliphatic rings. The number of hydrogen-bond donors (Lipinski definition) is 2. The number of hydrogen-bond acceptors (Lipinski definition) is 3. The predicted molar refractivity (Wildman–Crippen MR) is 77.9 cm³/mol. The summed E-state index contributed by atoms with van der Waals surface area (Å²) >= 11 is 3.23. The third-order valence-corrected chi connectivity index (χ3v) is 5.16. The molecule has 0 saturated heterocycles. The van der Waals surface area contributed by atoms with Gasteiger partial charge >= 0.3 is 0 Å². The summed E-state index contributed by atoms with van der Waals surface area (Å²) in [6.45, 7) is 3.95. The van der Waals surface area contributed by atoms with Crippen LogP contribution in [0.5, 0.6) is 0 Å². The molecule has 1 aromatic carbocycles. The summed E-state index contributed by atoms with van der Waals surface area (Å²) in [6.07, 6.45) is 2.90. The molecule has 3 N–H and O–H groups in total. The molecular formula is C12H19BrN2O2S. The molecule has 0 aromatic heterocycles. The lowest BCUT2D eigenvalue weighted by Crippen LogP contribution is -2.32. The van der Waals surface area contributed by atoms with E-state index in [-0.39, 0.29) is 10.9 Å². The van der Waals surface area contributed by atoms with Crippen LogP contribution >= 0.6 is 15.9 Å². The van der Waals surface area contributed by atoms with E-state index in [1.807, 2.05) is 6.92 Å². The Hall–Kier alpha value is -0.590. The summed E-state index contributed by atoms with van der Waals surface area (Å²) in [6, 6.07) is 4.61. The van der Waals surface area contributed by atoms with Gasteiger partial charge in [-0.1, -0.05) is 19.8 Å². The van der Waals surface area contributed by atoms with E-state index in [4.69, 9.17) is 5.73 Å². The number of nitrogens with two attached hydrogens (primary N) is 1. The second kappa shape index (κ2) is 6.54. The molecule has 1 rings (SSSR count). The van der Waals surface area contributed by atoms with Gasteiger partial charge in [-0.05, 0) is 47.5 Å². The zero-order chi connectivity index (χ0) is 13.8. The highest BCUT2D eigenvalue weighted by Gasteiger charge is 2.19. The Morgan fingerprint density at radius 1 is 1.44 bits per heavy atom. The summed E-state index contributed by atoms with van der Waals surface area (Å²) in [5.74, 6) is 0. The van der Waals surface area contributed by atoms with Crippen LogP contribution in [0.4, 0.5) is 5.69 Å². The van der Waals surface area contributed by atoms with Gasteiger partial charge < -0.3 is 5.73 Å². The van der Waals surface area contributed by atoms with Crippen LogP contribution in [-0.4, -0.2) is 14.5 Å². The minimum atomic E-state index is -3.49. The minimum absolute atomic E-state index is 0.0700. The van der Waals surface area contributed by atoms with Crippen molar-refractivity contribution in [1.82, 2.24) is 4.72 Å². The summed E-state index contributed by atoms with van der Waals surface area (Å²) in [7, 11) is -3.49. The van der Waals surface area contributed by atoms with Crippen molar-refractivity contribution < 1.29 is 8.42 Å². The van der Waals surface area contributed by atoms with Gasteiger partial charge in [0, 0.05) is 16.2 Å². The Bertz CT molecular complexity index is 503. The average Bonchev–Trinajstić information content (AvgIpc) is 2.25. The van der Waals surface area contributed by atoms with Crippen molar-refractivity contribution in [1.29, 1.82) is 0 Å². The van der Waals surface area contributed by atoms with Crippen molar-refractivity contribution >= 4 is 31.6 Å². The Morgan fingerprint density at radius 3 is 2.67 bits per heavy atom. The number of rotatable bonds is 6. The fourth-order valence-electron chi connectivity index (χ4n) is 1.63. The topological polar surface area (TPSA) is 72.2 Å². The molecule has 1 atom stereocenters. The van der Waals surface area contributed by atoms with Crippen LogP contribution in [0.15, 0.2) is 27.6 Å².